The molecular weight excluding hydrogens is 364 g/mol. The minimum atomic E-state index is -0.251. The van der Waals surface area contributed by atoms with Gasteiger partial charge in [-0.15, -0.1) is 0 Å². The van der Waals surface area contributed by atoms with Crippen LogP contribution in [0.15, 0.2) is 48.8 Å². The van der Waals surface area contributed by atoms with Crippen LogP contribution in [-0.2, 0) is 18.4 Å². The van der Waals surface area contributed by atoms with E-state index in [1.54, 1.807) is 17.0 Å². The topological polar surface area (TPSA) is 50.6 Å². The summed E-state index contributed by atoms with van der Waals surface area (Å²) in [4.78, 5) is 17.1. The van der Waals surface area contributed by atoms with E-state index in [0.29, 0.717) is 6.04 Å². The lowest BCUT2D eigenvalue weighted by Gasteiger charge is -2.47. The Morgan fingerprint density at radius 3 is 2.86 bits per heavy atom. The molecule has 6 nitrogen and oxygen atoms in total. The van der Waals surface area contributed by atoms with Crippen LogP contribution in [0.4, 0.5) is 5.69 Å². The van der Waals surface area contributed by atoms with Gasteiger partial charge in [0.25, 0.3) is 5.91 Å². The number of hydrogen-bond donors (Lipinski definition) is 0. The van der Waals surface area contributed by atoms with E-state index in [9.17, 15) is 4.79 Å². The zero-order valence-corrected chi connectivity index (χ0v) is 17.7. The second-order valence-corrected chi connectivity index (χ2v) is 8.57. The standard InChI is InChI=1S/C23H30N4O2/c1-17(2)29-21-7-5-6-19(12-21)15-26-11-10-23(13-18(26)3)9-8-22(28)27(23)20-14-24-25(4)16-20/h5-9,12,14,16-18H,10-11,13,15H2,1-4H3/t18-,23+/m0/s1. The fourth-order valence-electron chi connectivity index (χ4n) is 4.62. The Kier molecular flexibility index (Phi) is 5.21. The third kappa shape index (κ3) is 3.94. The highest BCUT2D eigenvalue weighted by molar-refractivity contribution is 6.06. The van der Waals surface area contributed by atoms with Crippen LogP contribution in [-0.4, -0.2) is 44.8 Å². The first-order valence-electron chi connectivity index (χ1n) is 10.4. The summed E-state index contributed by atoms with van der Waals surface area (Å²) in [6.45, 7) is 8.17. The lowest BCUT2D eigenvalue weighted by molar-refractivity contribution is -0.114. The molecule has 2 aliphatic rings. The molecular formula is C23H30N4O2. The SMILES string of the molecule is CC(C)Oc1cccc(CN2CC[C@]3(C=CC(=O)N3c3cnn(C)c3)C[C@@H]2C)c1. The number of carbonyl (C=O) groups excluding carboxylic acids is 1. The number of likely N-dealkylation sites (tertiary alicyclic amines) is 1. The number of nitrogens with zero attached hydrogens (tertiary/aromatic N) is 4. The number of piperidine rings is 1. The Morgan fingerprint density at radius 2 is 2.17 bits per heavy atom. The first-order chi connectivity index (χ1) is 13.9. The number of aryl methyl sites for hydroxylation is 1. The average Bonchev–Trinajstić information content (AvgIpc) is 3.21. The summed E-state index contributed by atoms with van der Waals surface area (Å²) >= 11 is 0. The Hall–Kier alpha value is -2.60. The molecule has 0 bridgehead atoms. The second-order valence-electron chi connectivity index (χ2n) is 8.57. The maximum atomic E-state index is 12.6. The quantitative estimate of drug-likeness (QED) is 0.778. The van der Waals surface area contributed by atoms with Crippen LogP contribution in [0.25, 0.3) is 0 Å². The van der Waals surface area contributed by atoms with E-state index >= 15 is 0 Å². The number of rotatable bonds is 5. The number of aromatic nitrogens is 2. The summed E-state index contributed by atoms with van der Waals surface area (Å²) in [6, 6.07) is 8.72. The molecule has 1 aromatic carbocycles. The minimum absolute atomic E-state index is 0.0529. The number of ether oxygens (including phenoxy) is 1. The number of amides is 1. The van der Waals surface area contributed by atoms with Crippen molar-refractivity contribution in [2.75, 3.05) is 11.4 Å². The van der Waals surface area contributed by atoms with Gasteiger partial charge in [-0.2, -0.15) is 5.10 Å². The molecule has 0 saturated carbocycles. The first kappa shape index (κ1) is 19.7. The van der Waals surface area contributed by atoms with Crippen LogP contribution in [0.3, 0.4) is 0 Å². The van der Waals surface area contributed by atoms with Crippen molar-refractivity contribution >= 4 is 11.6 Å². The summed E-state index contributed by atoms with van der Waals surface area (Å²) < 4.78 is 7.59. The van der Waals surface area contributed by atoms with Gasteiger partial charge < -0.3 is 4.74 Å². The average molecular weight is 395 g/mol. The molecule has 6 heteroatoms. The van der Waals surface area contributed by atoms with Gasteiger partial charge in [-0.05, 0) is 51.3 Å². The lowest BCUT2D eigenvalue weighted by atomic mass is 9.83. The van der Waals surface area contributed by atoms with E-state index in [4.69, 9.17) is 4.74 Å². The van der Waals surface area contributed by atoms with Crippen molar-refractivity contribution in [1.82, 2.24) is 14.7 Å². The Morgan fingerprint density at radius 1 is 1.34 bits per heavy atom. The molecule has 4 rings (SSSR count). The van der Waals surface area contributed by atoms with Crippen molar-refractivity contribution in [2.24, 2.45) is 7.05 Å². The highest BCUT2D eigenvalue weighted by Crippen LogP contribution is 2.40. The summed E-state index contributed by atoms with van der Waals surface area (Å²) in [5, 5.41) is 4.26. The van der Waals surface area contributed by atoms with Gasteiger partial charge in [-0.25, -0.2) is 0 Å². The van der Waals surface area contributed by atoms with Crippen molar-refractivity contribution in [2.45, 2.75) is 57.8 Å². The third-order valence-corrected chi connectivity index (χ3v) is 5.91. The third-order valence-electron chi connectivity index (χ3n) is 5.91. The molecule has 2 aromatic rings. The monoisotopic (exact) mass is 394 g/mol. The van der Waals surface area contributed by atoms with Gasteiger partial charge >= 0.3 is 0 Å². The maximum Gasteiger partial charge on any atom is 0.251 e. The smallest absolute Gasteiger partial charge is 0.251 e. The van der Waals surface area contributed by atoms with Gasteiger partial charge in [0.2, 0.25) is 0 Å². The van der Waals surface area contributed by atoms with Crippen LogP contribution in [0.2, 0.25) is 0 Å². The Balaban J connectivity index is 1.48. The van der Waals surface area contributed by atoms with Gasteiger partial charge in [0.15, 0.2) is 0 Å². The molecule has 0 aliphatic carbocycles. The van der Waals surface area contributed by atoms with Crippen molar-refractivity contribution in [3.8, 4) is 5.75 Å². The van der Waals surface area contributed by atoms with Crippen LogP contribution in [0.1, 0.15) is 39.2 Å². The molecule has 1 amide bonds. The van der Waals surface area contributed by atoms with Crippen LogP contribution < -0.4 is 9.64 Å². The molecule has 29 heavy (non-hydrogen) atoms. The van der Waals surface area contributed by atoms with Crippen LogP contribution in [0, 0.1) is 0 Å². The molecule has 1 aromatic heterocycles. The molecule has 2 aliphatic heterocycles. The Bertz CT molecular complexity index is 919. The van der Waals surface area contributed by atoms with Gasteiger partial charge in [-0.3, -0.25) is 19.3 Å². The number of anilines is 1. The highest BCUT2D eigenvalue weighted by atomic mass is 16.5. The molecule has 0 unspecified atom stereocenters. The number of benzene rings is 1. The summed E-state index contributed by atoms with van der Waals surface area (Å²) in [7, 11) is 1.88. The normalized spacial score (nSPS) is 24.8. The van der Waals surface area contributed by atoms with Crippen molar-refractivity contribution in [1.29, 1.82) is 0 Å². The molecule has 1 saturated heterocycles. The van der Waals surface area contributed by atoms with E-state index in [1.165, 1.54) is 5.56 Å². The predicted octanol–water partition coefficient (Wildman–Crippen LogP) is 3.53. The zero-order chi connectivity index (χ0) is 20.6. The molecule has 0 radical (unpaired) electrons. The van der Waals surface area contributed by atoms with Crippen molar-refractivity contribution in [3.63, 3.8) is 0 Å². The molecule has 1 spiro atoms. The van der Waals surface area contributed by atoms with Crippen molar-refractivity contribution < 1.29 is 9.53 Å². The van der Waals surface area contributed by atoms with E-state index < -0.39 is 0 Å². The molecule has 2 atom stereocenters. The zero-order valence-electron chi connectivity index (χ0n) is 17.7. The van der Waals surface area contributed by atoms with Crippen LogP contribution in [0.5, 0.6) is 5.75 Å². The van der Waals surface area contributed by atoms with Gasteiger partial charge in [0, 0.05) is 38.5 Å². The summed E-state index contributed by atoms with van der Waals surface area (Å²) in [6.07, 6.45) is 9.52. The summed E-state index contributed by atoms with van der Waals surface area (Å²) in [5.41, 5.74) is 1.88. The predicted molar refractivity (Wildman–Crippen MR) is 114 cm³/mol. The first-order valence-corrected chi connectivity index (χ1v) is 10.4. The molecule has 154 valence electrons. The van der Waals surface area contributed by atoms with Crippen LogP contribution >= 0.6 is 0 Å². The van der Waals surface area contributed by atoms with Crippen molar-refractivity contribution in [3.05, 3.63) is 54.4 Å². The largest absolute Gasteiger partial charge is 0.491 e. The number of carbonyl (C=O) groups is 1. The second kappa shape index (κ2) is 7.67. The fraction of sp³-hybridized carbons (Fsp3) is 0.478. The van der Waals surface area contributed by atoms with E-state index in [2.05, 4.69) is 41.2 Å². The van der Waals surface area contributed by atoms with E-state index in [1.807, 2.05) is 38.1 Å². The molecule has 0 N–H and O–H groups in total. The number of hydrogen-bond acceptors (Lipinski definition) is 4. The molecule has 3 heterocycles. The fourth-order valence-corrected chi connectivity index (χ4v) is 4.62. The maximum absolute atomic E-state index is 12.6. The Labute approximate surface area is 172 Å². The lowest BCUT2D eigenvalue weighted by Crippen LogP contribution is -2.56. The summed E-state index contributed by atoms with van der Waals surface area (Å²) in [5.74, 6) is 0.975. The minimum Gasteiger partial charge on any atom is -0.491 e. The van der Waals surface area contributed by atoms with E-state index in [0.717, 1.165) is 37.4 Å². The highest BCUT2D eigenvalue weighted by Gasteiger charge is 2.46. The van der Waals surface area contributed by atoms with Gasteiger partial charge in [0.05, 0.1) is 23.5 Å². The van der Waals surface area contributed by atoms with Gasteiger partial charge in [-0.1, -0.05) is 18.2 Å². The molecule has 1 fully saturated rings. The van der Waals surface area contributed by atoms with Gasteiger partial charge in [0.1, 0.15) is 5.75 Å². The van der Waals surface area contributed by atoms with E-state index in [-0.39, 0.29) is 17.6 Å².